The molecule has 2 heterocycles. The second-order valence-electron chi connectivity index (χ2n) is 5.74. The number of rotatable bonds is 7. The lowest BCUT2D eigenvalue weighted by molar-refractivity contribution is 0.0954. The van der Waals surface area contributed by atoms with E-state index >= 15 is 0 Å². The quantitative estimate of drug-likeness (QED) is 0.486. The molecule has 0 saturated heterocycles. The number of methoxy groups -OCH3 is 2. The Kier molecular flexibility index (Phi) is 6.31. The van der Waals surface area contributed by atoms with Crippen LogP contribution in [0.1, 0.15) is 21.6 Å². The van der Waals surface area contributed by atoms with Gasteiger partial charge in [0.15, 0.2) is 5.75 Å². The standard InChI is InChI=1S/C20H19N5O4/c1-13-7-4-5-8-14(13)19(26)25-22-12-15-16(9-6-10-21-15)29-20-23-17(27-2)11-18(24-20)28-3/h4-12H,1-3H3,(H,25,26). The van der Waals surface area contributed by atoms with Gasteiger partial charge in [0, 0.05) is 11.8 Å². The number of benzene rings is 1. The van der Waals surface area contributed by atoms with E-state index in [0.717, 1.165) is 5.56 Å². The average molecular weight is 393 g/mol. The Morgan fingerprint density at radius 2 is 1.79 bits per heavy atom. The zero-order valence-corrected chi connectivity index (χ0v) is 16.1. The fraction of sp³-hybridized carbons (Fsp3) is 0.150. The van der Waals surface area contributed by atoms with Crippen LogP contribution in [0.2, 0.25) is 0 Å². The van der Waals surface area contributed by atoms with Crippen molar-refractivity contribution in [1.29, 1.82) is 0 Å². The van der Waals surface area contributed by atoms with Crippen LogP contribution in [0, 0.1) is 6.92 Å². The minimum Gasteiger partial charge on any atom is -0.481 e. The lowest BCUT2D eigenvalue weighted by Gasteiger charge is -2.08. The van der Waals surface area contributed by atoms with Gasteiger partial charge in [-0.25, -0.2) is 5.43 Å². The lowest BCUT2D eigenvalue weighted by atomic mass is 10.1. The number of aryl methyl sites for hydroxylation is 1. The maximum absolute atomic E-state index is 12.2. The van der Waals surface area contributed by atoms with E-state index in [1.54, 1.807) is 30.5 Å². The van der Waals surface area contributed by atoms with Gasteiger partial charge in [0.2, 0.25) is 11.8 Å². The molecule has 3 rings (SSSR count). The number of hydrogen-bond donors (Lipinski definition) is 1. The van der Waals surface area contributed by atoms with Gasteiger partial charge in [0.25, 0.3) is 5.91 Å². The topological polar surface area (TPSA) is 108 Å². The number of ether oxygens (including phenoxy) is 3. The number of carbonyl (C=O) groups excluding carboxylic acids is 1. The number of nitrogens with one attached hydrogen (secondary N) is 1. The summed E-state index contributed by atoms with van der Waals surface area (Å²) in [6, 6.07) is 12.1. The van der Waals surface area contributed by atoms with E-state index in [-0.39, 0.29) is 23.7 Å². The number of hydrazone groups is 1. The van der Waals surface area contributed by atoms with Gasteiger partial charge in [-0.05, 0) is 30.7 Å². The van der Waals surface area contributed by atoms with Crippen molar-refractivity contribution < 1.29 is 19.0 Å². The van der Waals surface area contributed by atoms with Crippen LogP contribution in [0.5, 0.6) is 23.5 Å². The van der Waals surface area contributed by atoms with Crippen molar-refractivity contribution in [2.75, 3.05) is 14.2 Å². The zero-order valence-electron chi connectivity index (χ0n) is 16.1. The van der Waals surface area contributed by atoms with Crippen molar-refractivity contribution in [2.24, 2.45) is 5.10 Å². The van der Waals surface area contributed by atoms with Crippen molar-refractivity contribution in [1.82, 2.24) is 20.4 Å². The largest absolute Gasteiger partial charge is 0.481 e. The van der Waals surface area contributed by atoms with Gasteiger partial charge in [-0.3, -0.25) is 9.78 Å². The molecular formula is C20H19N5O4. The van der Waals surface area contributed by atoms with Crippen LogP contribution >= 0.6 is 0 Å². The van der Waals surface area contributed by atoms with E-state index in [0.29, 0.717) is 17.0 Å². The molecule has 0 atom stereocenters. The second-order valence-corrected chi connectivity index (χ2v) is 5.74. The van der Waals surface area contributed by atoms with Gasteiger partial charge in [-0.15, -0.1) is 0 Å². The first-order valence-electron chi connectivity index (χ1n) is 8.59. The molecular weight excluding hydrogens is 374 g/mol. The van der Waals surface area contributed by atoms with Gasteiger partial charge in [-0.1, -0.05) is 18.2 Å². The van der Waals surface area contributed by atoms with Crippen LogP contribution in [0.15, 0.2) is 53.8 Å². The van der Waals surface area contributed by atoms with E-state index in [1.807, 2.05) is 19.1 Å². The minimum atomic E-state index is -0.321. The molecule has 0 bridgehead atoms. The Bertz CT molecular complexity index is 1020. The van der Waals surface area contributed by atoms with Crippen molar-refractivity contribution in [3.8, 4) is 23.5 Å². The van der Waals surface area contributed by atoms with Crippen molar-refractivity contribution in [3.05, 3.63) is 65.5 Å². The number of carbonyl (C=O) groups is 1. The molecule has 29 heavy (non-hydrogen) atoms. The number of pyridine rings is 1. The average Bonchev–Trinajstić information content (AvgIpc) is 2.74. The first kappa shape index (κ1) is 19.7. The number of hydrogen-bond acceptors (Lipinski definition) is 8. The number of nitrogens with zero attached hydrogens (tertiary/aromatic N) is 4. The highest BCUT2D eigenvalue weighted by molar-refractivity contribution is 5.96. The van der Waals surface area contributed by atoms with E-state index in [9.17, 15) is 4.79 Å². The van der Waals surface area contributed by atoms with Crippen LogP contribution in [-0.4, -0.2) is 41.3 Å². The van der Waals surface area contributed by atoms with Crippen molar-refractivity contribution in [2.45, 2.75) is 6.92 Å². The molecule has 0 fully saturated rings. The summed E-state index contributed by atoms with van der Waals surface area (Å²) in [4.78, 5) is 24.7. The summed E-state index contributed by atoms with van der Waals surface area (Å²) in [5.41, 5.74) is 4.25. The first-order chi connectivity index (χ1) is 14.1. The van der Waals surface area contributed by atoms with Crippen LogP contribution < -0.4 is 19.6 Å². The van der Waals surface area contributed by atoms with Crippen molar-refractivity contribution in [3.63, 3.8) is 0 Å². The van der Waals surface area contributed by atoms with Gasteiger partial charge in [0.1, 0.15) is 5.69 Å². The summed E-state index contributed by atoms with van der Waals surface area (Å²) in [5, 5.41) is 3.97. The minimum absolute atomic E-state index is 0.0211. The zero-order chi connectivity index (χ0) is 20.6. The highest BCUT2D eigenvalue weighted by atomic mass is 16.5. The maximum atomic E-state index is 12.2. The van der Waals surface area contributed by atoms with Gasteiger partial charge in [-0.2, -0.15) is 15.1 Å². The molecule has 0 aliphatic carbocycles. The lowest BCUT2D eigenvalue weighted by Crippen LogP contribution is -2.18. The predicted molar refractivity (Wildman–Crippen MR) is 106 cm³/mol. The van der Waals surface area contributed by atoms with Crippen LogP contribution in [-0.2, 0) is 0 Å². The number of aromatic nitrogens is 3. The van der Waals surface area contributed by atoms with E-state index in [2.05, 4.69) is 25.5 Å². The molecule has 0 unspecified atom stereocenters. The molecule has 1 aromatic carbocycles. The normalized spacial score (nSPS) is 10.6. The molecule has 0 radical (unpaired) electrons. The van der Waals surface area contributed by atoms with E-state index in [1.165, 1.54) is 26.5 Å². The van der Waals surface area contributed by atoms with E-state index < -0.39 is 0 Å². The Labute approximate surface area is 167 Å². The Morgan fingerprint density at radius 3 is 2.48 bits per heavy atom. The molecule has 1 N–H and O–H groups in total. The summed E-state index contributed by atoms with van der Waals surface area (Å²) in [5.74, 6) is 0.600. The molecule has 1 amide bonds. The first-order valence-corrected chi connectivity index (χ1v) is 8.59. The third-order valence-corrected chi connectivity index (χ3v) is 3.82. The fourth-order valence-corrected chi connectivity index (χ4v) is 2.36. The molecule has 2 aromatic heterocycles. The highest BCUT2D eigenvalue weighted by Crippen LogP contribution is 2.24. The molecule has 9 nitrogen and oxygen atoms in total. The smallest absolute Gasteiger partial charge is 0.328 e. The summed E-state index contributed by atoms with van der Waals surface area (Å²) >= 11 is 0. The second kappa shape index (κ2) is 9.27. The third kappa shape index (κ3) is 5.04. The Balaban J connectivity index is 1.76. The molecule has 9 heteroatoms. The Hall–Kier alpha value is -4.01. The predicted octanol–water partition coefficient (Wildman–Crippen LogP) is 2.75. The fourth-order valence-electron chi connectivity index (χ4n) is 2.36. The van der Waals surface area contributed by atoms with Gasteiger partial charge < -0.3 is 14.2 Å². The molecule has 0 saturated carbocycles. The number of amides is 1. The van der Waals surface area contributed by atoms with Crippen LogP contribution in [0.4, 0.5) is 0 Å². The maximum Gasteiger partial charge on any atom is 0.328 e. The summed E-state index contributed by atoms with van der Waals surface area (Å²) in [6.45, 7) is 1.85. The summed E-state index contributed by atoms with van der Waals surface area (Å²) in [6.07, 6.45) is 2.95. The molecule has 0 aliphatic rings. The molecule has 0 spiro atoms. The molecule has 0 aliphatic heterocycles. The van der Waals surface area contributed by atoms with E-state index in [4.69, 9.17) is 14.2 Å². The summed E-state index contributed by atoms with van der Waals surface area (Å²) < 4.78 is 15.9. The summed E-state index contributed by atoms with van der Waals surface area (Å²) in [7, 11) is 2.95. The van der Waals surface area contributed by atoms with Crippen LogP contribution in [0.25, 0.3) is 0 Å². The monoisotopic (exact) mass is 393 g/mol. The molecule has 148 valence electrons. The van der Waals surface area contributed by atoms with Crippen molar-refractivity contribution >= 4 is 12.1 Å². The SMILES string of the molecule is COc1cc(OC)nc(Oc2cccnc2C=NNC(=O)c2ccccc2C)n1. The van der Waals surface area contributed by atoms with Gasteiger partial charge >= 0.3 is 6.01 Å². The third-order valence-electron chi connectivity index (χ3n) is 3.82. The highest BCUT2D eigenvalue weighted by Gasteiger charge is 2.11. The van der Waals surface area contributed by atoms with Crippen LogP contribution in [0.3, 0.4) is 0 Å². The Morgan fingerprint density at radius 1 is 1.07 bits per heavy atom. The van der Waals surface area contributed by atoms with Gasteiger partial charge in [0.05, 0.1) is 26.5 Å². The molecule has 3 aromatic rings.